The molecule has 0 aromatic heterocycles. The highest BCUT2D eigenvalue weighted by Crippen LogP contribution is 2.31. The summed E-state index contributed by atoms with van der Waals surface area (Å²) in [4.78, 5) is 0. The molecule has 5 atom stereocenters. The minimum Gasteiger partial charge on any atom is -0.387 e. The maximum Gasteiger partial charge on any atom is 0.183 e. The van der Waals surface area contributed by atoms with E-state index in [0.717, 1.165) is 5.56 Å². The first-order chi connectivity index (χ1) is 8.00. The molecule has 1 fully saturated rings. The molecule has 3 N–H and O–H groups in total. The molecule has 1 aromatic rings. The minimum atomic E-state index is -1.33. The van der Waals surface area contributed by atoms with Crippen molar-refractivity contribution in [3.63, 3.8) is 0 Å². The predicted molar refractivity (Wildman–Crippen MR) is 62.8 cm³/mol. The lowest BCUT2D eigenvalue weighted by molar-refractivity contribution is -0.129. The van der Waals surface area contributed by atoms with E-state index in [-0.39, 0.29) is 5.92 Å². The summed E-state index contributed by atoms with van der Waals surface area (Å²) in [5.41, 5.74) is 0.930. The molecule has 4 nitrogen and oxygen atoms in total. The predicted octanol–water partition coefficient (Wildman–Crippen LogP) is 0.882. The third-order valence-corrected chi connectivity index (χ3v) is 3.42. The van der Waals surface area contributed by atoms with Crippen molar-refractivity contribution in [1.82, 2.24) is 0 Å². The summed E-state index contributed by atoms with van der Waals surface area (Å²) in [6, 6.07) is 7.17. The number of aliphatic hydroxyl groups excluding tert-OH is 3. The van der Waals surface area contributed by atoms with Gasteiger partial charge in [0.2, 0.25) is 0 Å². The van der Waals surface area contributed by atoms with Gasteiger partial charge in [0.1, 0.15) is 12.2 Å². The maximum atomic E-state index is 9.75. The first kappa shape index (κ1) is 12.8. The minimum absolute atomic E-state index is 0.144. The van der Waals surface area contributed by atoms with Crippen LogP contribution in [0.3, 0.4) is 0 Å². The first-order valence-corrected chi connectivity index (χ1v) is 5.83. The fraction of sp³-hybridized carbons (Fsp3) is 0.500. The zero-order chi connectivity index (χ0) is 12.6. The van der Waals surface area contributed by atoms with Gasteiger partial charge in [-0.3, -0.25) is 0 Å². The number of halogens is 1. The van der Waals surface area contributed by atoms with Gasteiger partial charge < -0.3 is 20.1 Å². The molecule has 94 valence electrons. The van der Waals surface area contributed by atoms with Gasteiger partial charge in [0.05, 0.1) is 6.10 Å². The zero-order valence-corrected chi connectivity index (χ0v) is 10.1. The first-order valence-electron chi connectivity index (χ1n) is 5.46. The van der Waals surface area contributed by atoms with E-state index >= 15 is 0 Å². The fourth-order valence-electron chi connectivity index (χ4n) is 2.05. The van der Waals surface area contributed by atoms with Crippen LogP contribution >= 0.6 is 11.6 Å². The molecule has 0 spiro atoms. The Hall–Kier alpha value is -0.650. The smallest absolute Gasteiger partial charge is 0.183 e. The lowest BCUT2D eigenvalue weighted by Crippen LogP contribution is -2.34. The van der Waals surface area contributed by atoms with Crippen molar-refractivity contribution < 1.29 is 20.1 Å². The average molecular weight is 259 g/mol. The van der Waals surface area contributed by atoms with Gasteiger partial charge in [-0.1, -0.05) is 30.7 Å². The van der Waals surface area contributed by atoms with Crippen molar-refractivity contribution in [1.29, 1.82) is 0 Å². The Balaban J connectivity index is 2.15. The van der Waals surface area contributed by atoms with E-state index in [4.69, 9.17) is 16.3 Å². The molecule has 0 bridgehead atoms. The molecule has 2 unspecified atom stereocenters. The van der Waals surface area contributed by atoms with Crippen molar-refractivity contribution in [3.8, 4) is 0 Å². The zero-order valence-electron chi connectivity index (χ0n) is 9.32. The maximum absolute atomic E-state index is 9.75. The second-order valence-electron chi connectivity index (χ2n) is 4.31. The topological polar surface area (TPSA) is 69.9 Å². The van der Waals surface area contributed by atoms with Crippen LogP contribution in [0.1, 0.15) is 18.4 Å². The van der Waals surface area contributed by atoms with Crippen LogP contribution in [0.15, 0.2) is 24.3 Å². The van der Waals surface area contributed by atoms with Crippen LogP contribution in [-0.4, -0.2) is 39.9 Å². The van der Waals surface area contributed by atoms with Crippen molar-refractivity contribution in [3.05, 3.63) is 34.9 Å². The summed E-state index contributed by atoms with van der Waals surface area (Å²) in [6.45, 7) is 1.86. The van der Waals surface area contributed by atoms with E-state index < -0.39 is 24.6 Å². The summed E-state index contributed by atoms with van der Waals surface area (Å²) < 4.78 is 5.15. The van der Waals surface area contributed by atoms with Crippen LogP contribution in [-0.2, 0) is 4.74 Å². The summed E-state index contributed by atoms with van der Waals surface area (Å²) in [5.74, 6) is -0.144. The molecule has 1 aliphatic heterocycles. The Labute approximate surface area is 104 Å². The van der Waals surface area contributed by atoms with Crippen LogP contribution in [0.4, 0.5) is 0 Å². The number of hydrogen-bond donors (Lipinski definition) is 3. The number of rotatable bonds is 2. The lowest BCUT2D eigenvalue weighted by atomic mass is 9.91. The molecule has 1 saturated heterocycles. The third kappa shape index (κ3) is 2.46. The highest BCUT2D eigenvalue weighted by molar-refractivity contribution is 6.30. The van der Waals surface area contributed by atoms with Crippen molar-refractivity contribution in [2.75, 3.05) is 0 Å². The van der Waals surface area contributed by atoms with E-state index in [1.807, 2.05) is 19.1 Å². The molecule has 5 heteroatoms. The van der Waals surface area contributed by atoms with E-state index in [1.165, 1.54) is 0 Å². The molecule has 17 heavy (non-hydrogen) atoms. The molecular formula is C12H15ClO4. The molecule has 0 radical (unpaired) electrons. The fourth-order valence-corrected chi connectivity index (χ4v) is 2.18. The molecule has 1 heterocycles. The van der Waals surface area contributed by atoms with Gasteiger partial charge in [0.25, 0.3) is 0 Å². The Morgan fingerprint density at radius 3 is 2.18 bits per heavy atom. The van der Waals surface area contributed by atoms with Crippen molar-refractivity contribution >= 4 is 11.6 Å². The standard InChI is InChI=1S/C12H15ClO4/c1-6(7-2-4-8(13)5-3-7)11-9(14)10(15)12(16)17-11/h2-6,9-12,14-16H,1H3/t6?,9-,10+,11+,12?/m0/s1. The van der Waals surface area contributed by atoms with Crippen molar-refractivity contribution in [2.24, 2.45) is 0 Å². The average Bonchev–Trinajstić information content (AvgIpc) is 2.57. The van der Waals surface area contributed by atoms with Gasteiger partial charge in [0.15, 0.2) is 6.29 Å². The number of ether oxygens (including phenoxy) is 1. The number of aliphatic hydroxyl groups is 3. The van der Waals surface area contributed by atoms with E-state index in [9.17, 15) is 15.3 Å². The molecule has 1 aliphatic rings. The Morgan fingerprint density at radius 1 is 1.12 bits per heavy atom. The van der Waals surface area contributed by atoms with E-state index in [1.54, 1.807) is 12.1 Å². The van der Waals surface area contributed by atoms with E-state index in [2.05, 4.69) is 0 Å². The highest BCUT2D eigenvalue weighted by atomic mass is 35.5. The van der Waals surface area contributed by atoms with Gasteiger partial charge in [-0.2, -0.15) is 0 Å². The van der Waals surface area contributed by atoms with E-state index in [0.29, 0.717) is 5.02 Å². The van der Waals surface area contributed by atoms with Crippen molar-refractivity contribution in [2.45, 2.75) is 37.4 Å². The summed E-state index contributed by atoms with van der Waals surface area (Å²) in [6.07, 6.45) is -4.30. The molecule has 2 rings (SSSR count). The Bertz CT molecular complexity index is 381. The molecule has 0 saturated carbocycles. The van der Waals surface area contributed by atoms with Crippen LogP contribution < -0.4 is 0 Å². The number of hydrogen-bond acceptors (Lipinski definition) is 4. The van der Waals surface area contributed by atoms with Crippen LogP contribution in [0.5, 0.6) is 0 Å². The molecule has 0 amide bonds. The monoisotopic (exact) mass is 258 g/mol. The molecule has 1 aromatic carbocycles. The number of benzene rings is 1. The van der Waals surface area contributed by atoms with Gasteiger partial charge in [-0.15, -0.1) is 0 Å². The SMILES string of the molecule is CC(c1ccc(Cl)cc1)[C@H]1OC(O)[C@H](O)[C@@H]1O. The molecular weight excluding hydrogens is 244 g/mol. The Kier molecular flexibility index (Phi) is 3.70. The second kappa shape index (κ2) is 4.92. The van der Waals surface area contributed by atoms with Crippen LogP contribution in [0, 0.1) is 0 Å². The molecule has 0 aliphatic carbocycles. The van der Waals surface area contributed by atoms with Gasteiger partial charge in [-0.05, 0) is 17.7 Å². The van der Waals surface area contributed by atoms with Gasteiger partial charge >= 0.3 is 0 Å². The van der Waals surface area contributed by atoms with Gasteiger partial charge in [0, 0.05) is 10.9 Å². The second-order valence-corrected chi connectivity index (χ2v) is 4.75. The quantitative estimate of drug-likeness (QED) is 0.737. The Morgan fingerprint density at radius 2 is 1.71 bits per heavy atom. The van der Waals surface area contributed by atoms with Crippen LogP contribution in [0.25, 0.3) is 0 Å². The normalized spacial score (nSPS) is 34.9. The van der Waals surface area contributed by atoms with Gasteiger partial charge in [-0.25, -0.2) is 0 Å². The third-order valence-electron chi connectivity index (χ3n) is 3.16. The summed E-state index contributed by atoms with van der Waals surface area (Å²) >= 11 is 5.79. The summed E-state index contributed by atoms with van der Waals surface area (Å²) in [5, 5.41) is 29.1. The largest absolute Gasteiger partial charge is 0.387 e. The summed E-state index contributed by atoms with van der Waals surface area (Å²) in [7, 11) is 0. The van der Waals surface area contributed by atoms with Crippen LogP contribution in [0.2, 0.25) is 5.02 Å². The lowest BCUT2D eigenvalue weighted by Gasteiger charge is -2.22. The highest BCUT2D eigenvalue weighted by Gasteiger charge is 2.44.